The van der Waals surface area contributed by atoms with E-state index in [4.69, 9.17) is 4.98 Å². The highest BCUT2D eigenvalue weighted by molar-refractivity contribution is 5.75. The van der Waals surface area contributed by atoms with Gasteiger partial charge in [0.15, 0.2) is 0 Å². The van der Waals surface area contributed by atoms with Crippen molar-refractivity contribution in [1.82, 2.24) is 24.6 Å². The molecular formula is C18H23N5. The van der Waals surface area contributed by atoms with Gasteiger partial charge < -0.3 is 4.57 Å². The largest absolute Gasteiger partial charge is 0.330 e. The zero-order valence-electron chi connectivity index (χ0n) is 13.8. The molecule has 0 radical (unpaired) electrons. The number of aryl methyl sites for hydroxylation is 2. The Morgan fingerprint density at radius 2 is 2.13 bits per heavy atom. The van der Waals surface area contributed by atoms with E-state index in [0.29, 0.717) is 6.04 Å². The van der Waals surface area contributed by atoms with Crippen LogP contribution in [0.4, 0.5) is 0 Å². The molecule has 1 aromatic carbocycles. The fourth-order valence-electron chi connectivity index (χ4n) is 3.72. The van der Waals surface area contributed by atoms with Crippen molar-refractivity contribution in [3.8, 4) is 0 Å². The van der Waals surface area contributed by atoms with Crippen LogP contribution in [-0.4, -0.2) is 31.2 Å². The first-order chi connectivity index (χ1) is 11.2. The maximum atomic E-state index is 4.84. The lowest BCUT2D eigenvalue weighted by molar-refractivity contribution is 0.132. The fraction of sp³-hybridized carbons (Fsp3) is 0.444. The number of imidazole rings is 1. The molecule has 0 aliphatic carbocycles. The number of para-hydroxylation sites is 2. The van der Waals surface area contributed by atoms with Crippen molar-refractivity contribution in [3.63, 3.8) is 0 Å². The van der Waals surface area contributed by atoms with Crippen LogP contribution < -0.4 is 0 Å². The molecule has 0 bridgehead atoms. The summed E-state index contributed by atoms with van der Waals surface area (Å²) in [6, 6.07) is 8.78. The third kappa shape index (κ3) is 2.55. The van der Waals surface area contributed by atoms with Crippen LogP contribution in [0.2, 0.25) is 0 Å². The first-order valence-corrected chi connectivity index (χ1v) is 8.38. The van der Waals surface area contributed by atoms with Crippen LogP contribution >= 0.6 is 0 Å². The predicted octanol–water partition coefficient (Wildman–Crippen LogP) is 3.33. The molecule has 5 nitrogen and oxygen atoms in total. The van der Waals surface area contributed by atoms with Gasteiger partial charge in [-0.1, -0.05) is 18.6 Å². The van der Waals surface area contributed by atoms with Crippen LogP contribution in [0.1, 0.15) is 42.4 Å². The highest BCUT2D eigenvalue weighted by Gasteiger charge is 2.27. The molecule has 0 unspecified atom stereocenters. The zero-order valence-corrected chi connectivity index (χ0v) is 13.8. The van der Waals surface area contributed by atoms with E-state index in [1.54, 1.807) is 0 Å². The van der Waals surface area contributed by atoms with Crippen LogP contribution in [0.5, 0.6) is 0 Å². The first kappa shape index (κ1) is 14.5. The average molecular weight is 309 g/mol. The molecule has 23 heavy (non-hydrogen) atoms. The Morgan fingerprint density at radius 3 is 2.91 bits per heavy atom. The second-order valence-corrected chi connectivity index (χ2v) is 6.52. The molecule has 0 spiro atoms. The number of fused-ring (bicyclic) bond motifs is 1. The Balaban J connectivity index is 1.65. The molecule has 3 heterocycles. The number of rotatable bonds is 3. The zero-order chi connectivity index (χ0) is 15.8. The number of nitrogens with zero attached hydrogens (tertiary/aromatic N) is 4. The number of aromatic amines is 1. The van der Waals surface area contributed by atoms with Crippen molar-refractivity contribution in [2.75, 3.05) is 6.54 Å². The number of benzene rings is 1. The number of piperidine rings is 1. The normalized spacial score (nSPS) is 19.5. The van der Waals surface area contributed by atoms with Gasteiger partial charge >= 0.3 is 0 Å². The summed E-state index contributed by atoms with van der Waals surface area (Å²) in [6.07, 6.45) is 5.65. The Morgan fingerprint density at radius 1 is 1.26 bits per heavy atom. The molecule has 1 N–H and O–H groups in total. The number of hydrogen-bond donors (Lipinski definition) is 1. The smallest absolute Gasteiger partial charge is 0.123 e. The Kier molecular flexibility index (Phi) is 3.65. The Bertz CT molecular complexity index is 816. The molecule has 2 aromatic heterocycles. The summed E-state index contributed by atoms with van der Waals surface area (Å²) in [5.74, 6) is 1.13. The summed E-state index contributed by atoms with van der Waals surface area (Å²) < 4.78 is 2.22. The maximum Gasteiger partial charge on any atom is 0.123 e. The van der Waals surface area contributed by atoms with Crippen LogP contribution in [0.25, 0.3) is 11.0 Å². The van der Waals surface area contributed by atoms with E-state index in [1.807, 2.05) is 6.20 Å². The van der Waals surface area contributed by atoms with Gasteiger partial charge in [0.1, 0.15) is 5.82 Å². The van der Waals surface area contributed by atoms with E-state index < -0.39 is 0 Å². The molecule has 3 aromatic rings. The van der Waals surface area contributed by atoms with Gasteiger partial charge in [-0.2, -0.15) is 5.10 Å². The van der Waals surface area contributed by atoms with Crippen molar-refractivity contribution in [3.05, 3.63) is 47.5 Å². The molecule has 1 fully saturated rings. The number of nitrogens with one attached hydrogen (secondary N) is 1. The molecule has 120 valence electrons. The van der Waals surface area contributed by atoms with Gasteiger partial charge in [0.2, 0.25) is 0 Å². The minimum atomic E-state index is 0.422. The lowest BCUT2D eigenvalue weighted by atomic mass is 9.97. The molecule has 5 heteroatoms. The molecule has 1 atom stereocenters. The summed E-state index contributed by atoms with van der Waals surface area (Å²) in [7, 11) is 2.12. The van der Waals surface area contributed by atoms with Crippen LogP contribution in [-0.2, 0) is 13.6 Å². The van der Waals surface area contributed by atoms with Gasteiger partial charge in [-0.15, -0.1) is 0 Å². The van der Waals surface area contributed by atoms with E-state index in [2.05, 4.69) is 57.9 Å². The summed E-state index contributed by atoms with van der Waals surface area (Å²) in [5, 5.41) is 7.43. The number of aromatic nitrogens is 4. The molecule has 1 aliphatic heterocycles. The van der Waals surface area contributed by atoms with Crippen molar-refractivity contribution in [1.29, 1.82) is 0 Å². The number of hydrogen-bond acceptors (Lipinski definition) is 3. The monoisotopic (exact) mass is 309 g/mol. The summed E-state index contributed by atoms with van der Waals surface area (Å²) in [4.78, 5) is 7.39. The minimum Gasteiger partial charge on any atom is -0.330 e. The van der Waals surface area contributed by atoms with Crippen molar-refractivity contribution in [2.45, 2.75) is 38.8 Å². The van der Waals surface area contributed by atoms with Gasteiger partial charge in [-0.3, -0.25) is 10.00 Å². The Labute approximate surface area is 136 Å². The van der Waals surface area contributed by atoms with E-state index in [9.17, 15) is 0 Å². The molecule has 0 amide bonds. The quantitative estimate of drug-likeness (QED) is 0.807. The van der Waals surface area contributed by atoms with Gasteiger partial charge in [0.05, 0.1) is 35.5 Å². The van der Waals surface area contributed by atoms with E-state index in [0.717, 1.165) is 24.4 Å². The standard InChI is InChI=1S/C18H23N5/c1-13-11-19-21-18(13)16-9-5-6-10-23(16)12-17-20-14-7-3-4-8-15(14)22(17)2/h3-4,7-8,11,16H,5-6,9-10,12H2,1-2H3,(H,19,21)/t16-/m0/s1. The molecule has 1 aliphatic rings. The van der Waals surface area contributed by atoms with Crippen LogP contribution in [0.15, 0.2) is 30.5 Å². The number of likely N-dealkylation sites (tertiary alicyclic amines) is 1. The fourth-order valence-corrected chi connectivity index (χ4v) is 3.72. The van der Waals surface area contributed by atoms with Crippen LogP contribution in [0, 0.1) is 6.92 Å². The maximum absolute atomic E-state index is 4.84. The highest BCUT2D eigenvalue weighted by atomic mass is 15.2. The summed E-state index contributed by atoms with van der Waals surface area (Å²) in [6.45, 7) is 4.14. The topological polar surface area (TPSA) is 49.7 Å². The average Bonchev–Trinajstić information content (AvgIpc) is 3.13. The summed E-state index contributed by atoms with van der Waals surface area (Å²) in [5.41, 5.74) is 4.81. The Hall–Kier alpha value is -2.14. The second-order valence-electron chi connectivity index (χ2n) is 6.52. The van der Waals surface area contributed by atoms with Gasteiger partial charge in [-0.25, -0.2) is 4.98 Å². The second kappa shape index (κ2) is 5.81. The molecular weight excluding hydrogens is 286 g/mol. The predicted molar refractivity (Wildman–Crippen MR) is 91.0 cm³/mol. The molecule has 4 rings (SSSR count). The molecule has 0 saturated carbocycles. The SMILES string of the molecule is Cc1cn[nH]c1[C@@H]1CCCCN1Cc1nc2ccccc2n1C. The van der Waals surface area contributed by atoms with Crippen molar-refractivity contribution in [2.24, 2.45) is 7.05 Å². The lowest BCUT2D eigenvalue weighted by Crippen LogP contribution is -2.34. The van der Waals surface area contributed by atoms with Crippen molar-refractivity contribution < 1.29 is 0 Å². The van der Waals surface area contributed by atoms with Gasteiger partial charge in [0.25, 0.3) is 0 Å². The van der Waals surface area contributed by atoms with Crippen molar-refractivity contribution >= 4 is 11.0 Å². The lowest BCUT2D eigenvalue weighted by Gasteiger charge is -2.35. The van der Waals surface area contributed by atoms with Gasteiger partial charge in [-0.05, 0) is 44.0 Å². The third-order valence-corrected chi connectivity index (χ3v) is 5.04. The molecule has 1 saturated heterocycles. The van der Waals surface area contributed by atoms with Crippen LogP contribution in [0.3, 0.4) is 0 Å². The summed E-state index contributed by atoms with van der Waals surface area (Å²) >= 11 is 0. The van der Waals surface area contributed by atoms with Gasteiger partial charge in [0, 0.05) is 7.05 Å². The first-order valence-electron chi connectivity index (χ1n) is 8.38. The number of H-pyrrole nitrogens is 1. The van der Waals surface area contributed by atoms with E-state index in [-0.39, 0.29) is 0 Å². The third-order valence-electron chi connectivity index (χ3n) is 5.04. The van der Waals surface area contributed by atoms with E-state index in [1.165, 1.54) is 36.0 Å². The minimum absolute atomic E-state index is 0.422. The highest BCUT2D eigenvalue weighted by Crippen LogP contribution is 2.32. The van der Waals surface area contributed by atoms with E-state index >= 15 is 0 Å².